The van der Waals surface area contributed by atoms with Crippen LogP contribution in [-0.2, 0) is 0 Å². The maximum absolute atomic E-state index is 8.65. The summed E-state index contributed by atoms with van der Waals surface area (Å²) >= 11 is 0. The lowest BCUT2D eigenvalue weighted by atomic mass is 9.79. The van der Waals surface area contributed by atoms with Crippen LogP contribution in [0.5, 0.6) is 5.88 Å². The lowest BCUT2D eigenvalue weighted by molar-refractivity contribution is 0.289. The normalized spacial score (nSPS) is 21.7. The van der Waals surface area contributed by atoms with E-state index in [1.165, 1.54) is 25.7 Å². The molecule has 4 heteroatoms. The van der Waals surface area contributed by atoms with E-state index in [1.54, 1.807) is 0 Å². The Morgan fingerprint density at radius 3 is 2.67 bits per heavy atom. The van der Waals surface area contributed by atoms with E-state index in [4.69, 9.17) is 10.00 Å². The van der Waals surface area contributed by atoms with Crippen LogP contribution in [-0.4, -0.2) is 16.8 Å². The second-order valence-corrected chi connectivity index (χ2v) is 5.91. The molecule has 21 heavy (non-hydrogen) atoms. The summed E-state index contributed by atoms with van der Waals surface area (Å²) in [5, 5.41) is 17.2. The van der Waals surface area contributed by atoms with Crippen LogP contribution in [0.4, 0.5) is 0 Å². The Balaban J connectivity index is 1.79. The first-order valence-electron chi connectivity index (χ1n) is 8.16. The van der Waals surface area contributed by atoms with Gasteiger partial charge in [0.15, 0.2) is 0 Å². The Kier molecular flexibility index (Phi) is 6.46. The molecule has 0 saturated heterocycles. The number of rotatable bonds is 7. The van der Waals surface area contributed by atoms with E-state index < -0.39 is 0 Å². The molecule has 0 aromatic carbocycles. The van der Waals surface area contributed by atoms with Gasteiger partial charge in [-0.1, -0.05) is 13.3 Å². The van der Waals surface area contributed by atoms with Gasteiger partial charge in [-0.3, -0.25) is 0 Å². The second-order valence-electron chi connectivity index (χ2n) is 5.91. The van der Waals surface area contributed by atoms with Crippen LogP contribution >= 0.6 is 0 Å². The summed E-state index contributed by atoms with van der Waals surface area (Å²) in [6, 6.07) is 6.26. The predicted octanol–water partition coefficient (Wildman–Crippen LogP) is 4.23. The van der Waals surface area contributed by atoms with Crippen LogP contribution in [0.25, 0.3) is 0 Å². The van der Waals surface area contributed by atoms with E-state index in [-0.39, 0.29) is 0 Å². The Morgan fingerprint density at radius 2 is 2.05 bits per heavy atom. The van der Waals surface area contributed by atoms with Crippen molar-refractivity contribution in [3.05, 3.63) is 17.8 Å². The fourth-order valence-corrected chi connectivity index (χ4v) is 2.96. The Hall–Kier alpha value is -1.63. The largest absolute Gasteiger partial charge is 0.477 e. The fourth-order valence-electron chi connectivity index (χ4n) is 2.96. The van der Waals surface area contributed by atoms with Gasteiger partial charge < -0.3 is 4.74 Å². The average molecular weight is 287 g/mol. The molecule has 0 aliphatic heterocycles. The molecule has 1 aromatic rings. The molecule has 114 valence electrons. The third kappa shape index (κ3) is 5.00. The summed E-state index contributed by atoms with van der Waals surface area (Å²) in [7, 11) is 0. The van der Waals surface area contributed by atoms with Gasteiger partial charge >= 0.3 is 0 Å². The molecule has 1 aliphatic carbocycles. The molecular formula is C17H25N3O. The zero-order valence-electron chi connectivity index (χ0n) is 12.9. The standard InChI is InChI=1S/C17H25N3O/c1-2-3-13-21-17-11-10-16(19-20-17)15-8-6-14(7-9-15)5-4-12-18/h10-11,14-15H,2-9,13H2,1H3. The van der Waals surface area contributed by atoms with Gasteiger partial charge in [-0.25, -0.2) is 0 Å². The van der Waals surface area contributed by atoms with Crippen molar-refractivity contribution >= 4 is 0 Å². The molecular weight excluding hydrogens is 262 g/mol. The molecule has 2 rings (SSSR count). The highest BCUT2D eigenvalue weighted by atomic mass is 16.5. The monoisotopic (exact) mass is 287 g/mol. The van der Waals surface area contributed by atoms with Gasteiger partial charge in [-0.05, 0) is 50.5 Å². The van der Waals surface area contributed by atoms with Crippen LogP contribution in [0.2, 0.25) is 0 Å². The molecule has 4 nitrogen and oxygen atoms in total. The van der Waals surface area contributed by atoms with Crippen LogP contribution < -0.4 is 4.74 Å². The highest BCUT2D eigenvalue weighted by Gasteiger charge is 2.23. The summed E-state index contributed by atoms with van der Waals surface area (Å²) in [6.45, 7) is 2.86. The van der Waals surface area contributed by atoms with Crippen LogP contribution in [0.1, 0.15) is 69.9 Å². The van der Waals surface area contributed by atoms with Gasteiger partial charge in [0.25, 0.3) is 0 Å². The van der Waals surface area contributed by atoms with Gasteiger partial charge in [0.05, 0.1) is 18.4 Å². The Morgan fingerprint density at radius 1 is 1.24 bits per heavy atom. The molecule has 1 heterocycles. The minimum Gasteiger partial charge on any atom is -0.477 e. The zero-order chi connectivity index (χ0) is 14.9. The first-order chi connectivity index (χ1) is 10.3. The van der Waals surface area contributed by atoms with Gasteiger partial charge in [0.2, 0.25) is 5.88 Å². The first kappa shape index (κ1) is 15.8. The van der Waals surface area contributed by atoms with Crippen LogP contribution in [0.3, 0.4) is 0 Å². The molecule has 0 amide bonds. The quantitative estimate of drug-likeness (QED) is 0.704. The summed E-state index contributed by atoms with van der Waals surface area (Å²) < 4.78 is 5.55. The third-order valence-electron chi connectivity index (χ3n) is 4.34. The van der Waals surface area contributed by atoms with Gasteiger partial charge in [-0.15, -0.1) is 5.10 Å². The number of aromatic nitrogens is 2. The summed E-state index contributed by atoms with van der Waals surface area (Å²) in [4.78, 5) is 0. The predicted molar refractivity (Wildman–Crippen MR) is 82.0 cm³/mol. The van der Waals surface area contributed by atoms with Crippen LogP contribution in [0.15, 0.2) is 12.1 Å². The van der Waals surface area contributed by atoms with Crippen molar-refractivity contribution in [2.24, 2.45) is 5.92 Å². The van der Waals surface area contributed by atoms with E-state index in [2.05, 4.69) is 29.3 Å². The van der Waals surface area contributed by atoms with E-state index in [9.17, 15) is 0 Å². The number of hydrogen-bond donors (Lipinski definition) is 0. The highest BCUT2D eigenvalue weighted by Crippen LogP contribution is 2.36. The summed E-state index contributed by atoms with van der Waals surface area (Å²) in [5.74, 6) is 1.89. The number of hydrogen-bond acceptors (Lipinski definition) is 4. The Bertz CT molecular complexity index is 444. The number of nitriles is 1. The van der Waals surface area contributed by atoms with Crippen LogP contribution in [0, 0.1) is 17.2 Å². The molecule has 0 spiro atoms. The molecule has 0 bridgehead atoms. The maximum Gasteiger partial charge on any atom is 0.233 e. The number of nitrogens with zero attached hydrogens (tertiary/aromatic N) is 3. The van der Waals surface area contributed by atoms with Crippen molar-refractivity contribution < 1.29 is 4.74 Å². The number of unbranched alkanes of at least 4 members (excludes halogenated alkanes) is 1. The fraction of sp³-hybridized carbons (Fsp3) is 0.706. The topological polar surface area (TPSA) is 58.8 Å². The molecule has 0 radical (unpaired) electrons. The first-order valence-corrected chi connectivity index (χ1v) is 8.16. The molecule has 1 saturated carbocycles. The molecule has 1 aromatic heterocycles. The highest BCUT2D eigenvalue weighted by molar-refractivity contribution is 5.15. The van der Waals surface area contributed by atoms with Gasteiger partial charge in [0, 0.05) is 18.4 Å². The molecule has 1 aliphatic rings. The van der Waals surface area contributed by atoms with E-state index >= 15 is 0 Å². The van der Waals surface area contributed by atoms with Crippen molar-refractivity contribution in [3.8, 4) is 11.9 Å². The van der Waals surface area contributed by atoms with Crippen molar-refractivity contribution in [3.63, 3.8) is 0 Å². The lowest BCUT2D eigenvalue weighted by Gasteiger charge is -2.27. The lowest BCUT2D eigenvalue weighted by Crippen LogP contribution is -2.14. The van der Waals surface area contributed by atoms with Crippen molar-refractivity contribution in [1.29, 1.82) is 5.26 Å². The maximum atomic E-state index is 8.65. The third-order valence-corrected chi connectivity index (χ3v) is 4.34. The van der Waals surface area contributed by atoms with E-state index in [0.29, 0.717) is 24.8 Å². The van der Waals surface area contributed by atoms with E-state index in [1.807, 2.05) is 6.07 Å². The molecule has 0 N–H and O–H groups in total. The minimum absolute atomic E-state index is 0.528. The summed E-state index contributed by atoms with van der Waals surface area (Å²) in [6.07, 6.45) is 8.68. The average Bonchev–Trinajstić information content (AvgIpc) is 2.54. The van der Waals surface area contributed by atoms with Crippen molar-refractivity contribution in [1.82, 2.24) is 10.2 Å². The minimum atomic E-state index is 0.528. The van der Waals surface area contributed by atoms with E-state index in [0.717, 1.165) is 30.9 Å². The van der Waals surface area contributed by atoms with Crippen molar-refractivity contribution in [2.45, 2.75) is 64.2 Å². The van der Waals surface area contributed by atoms with Gasteiger partial charge in [-0.2, -0.15) is 10.4 Å². The zero-order valence-corrected chi connectivity index (χ0v) is 12.9. The SMILES string of the molecule is CCCCOc1ccc(C2CCC(CCC#N)CC2)nn1. The molecule has 0 atom stereocenters. The smallest absolute Gasteiger partial charge is 0.233 e. The molecule has 0 unspecified atom stereocenters. The Labute approximate surface area is 127 Å². The summed E-state index contributed by atoms with van der Waals surface area (Å²) in [5.41, 5.74) is 1.09. The van der Waals surface area contributed by atoms with Crippen molar-refractivity contribution in [2.75, 3.05) is 6.61 Å². The molecule has 1 fully saturated rings. The number of ether oxygens (including phenoxy) is 1. The second kappa shape index (κ2) is 8.61. The van der Waals surface area contributed by atoms with Gasteiger partial charge in [0.1, 0.15) is 0 Å².